The van der Waals surface area contributed by atoms with Gasteiger partial charge in [-0.25, -0.2) is 14.8 Å². The summed E-state index contributed by atoms with van der Waals surface area (Å²) >= 11 is 0. The van der Waals surface area contributed by atoms with Crippen LogP contribution >= 0.6 is 0 Å². The topological polar surface area (TPSA) is 137 Å². The molecule has 0 saturated carbocycles. The van der Waals surface area contributed by atoms with Gasteiger partial charge in [0, 0.05) is 17.3 Å². The van der Waals surface area contributed by atoms with E-state index in [2.05, 4.69) is 25.2 Å². The van der Waals surface area contributed by atoms with Gasteiger partial charge in [0.25, 0.3) is 11.5 Å². The van der Waals surface area contributed by atoms with Crippen molar-refractivity contribution < 1.29 is 5.11 Å². The van der Waals surface area contributed by atoms with E-state index in [1.165, 1.54) is 0 Å². The van der Waals surface area contributed by atoms with Crippen LogP contribution in [0.25, 0.3) is 22.5 Å². The molecule has 29 heavy (non-hydrogen) atoms. The second-order valence-corrected chi connectivity index (χ2v) is 5.97. The second kappa shape index (κ2) is 7.69. The van der Waals surface area contributed by atoms with Crippen LogP contribution in [0.5, 0.6) is 5.88 Å². The molecule has 9 nitrogen and oxygen atoms in total. The number of benzene rings is 2. The molecule has 4 aromatic rings. The van der Waals surface area contributed by atoms with E-state index in [4.69, 9.17) is 0 Å². The molecule has 0 spiro atoms. The second-order valence-electron chi connectivity index (χ2n) is 5.97. The van der Waals surface area contributed by atoms with Crippen molar-refractivity contribution in [2.24, 2.45) is 4.99 Å². The minimum Gasteiger partial charge on any atom is -0.494 e. The summed E-state index contributed by atoms with van der Waals surface area (Å²) in [5.41, 5.74) is 0.993. The van der Waals surface area contributed by atoms with Crippen LogP contribution in [0.15, 0.2) is 75.2 Å². The molecule has 2 heterocycles. The summed E-state index contributed by atoms with van der Waals surface area (Å²) < 4.78 is 0. The summed E-state index contributed by atoms with van der Waals surface area (Å²) in [7, 11) is 0. The Morgan fingerprint density at radius 1 is 0.828 bits per heavy atom. The number of H-pyrrole nitrogens is 2. The third kappa shape index (κ3) is 3.83. The fourth-order valence-electron chi connectivity index (χ4n) is 2.69. The van der Waals surface area contributed by atoms with E-state index in [1.807, 2.05) is 65.6 Å². The molecule has 2 aromatic heterocycles. The van der Waals surface area contributed by atoms with E-state index < -0.39 is 17.1 Å². The maximum absolute atomic E-state index is 11.8. The van der Waals surface area contributed by atoms with Crippen molar-refractivity contribution in [1.29, 1.82) is 0 Å². The zero-order valence-corrected chi connectivity index (χ0v) is 14.9. The molecular weight excluding hydrogens is 372 g/mol. The van der Waals surface area contributed by atoms with E-state index >= 15 is 0 Å². The zero-order valence-electron chi connectivity index (χ0n) is 14.9. The Morgan fingerprint density at radius 3 is 2.07 bits per heavy atom. The fourth-order valence-corrected chi connectivity index (χ4v) is 2.69. The summed E-state index contributed by atoms with van der Waals surface area (Å²) in [6.45, 7) is 0. The molecule has 0 amide bonds. The average Bonchev–Trinajstić information content (AvgIpc) is 2.74. The van der Waals surface area contributed by atoms with E-state index in [9.17, 15) is 14.7 Å². The maximum atomic E-state index is 11.8. The lowest BCUT2D eigenvalue weighted by atomic mass is 10.0. The number of rotatable bonds is 4. The van der Waals surface area contributed by atoms with Crippen molar-refractivity contribution in [3.05, 3.63) is 87.1 Å². The summed E-state index contributed by atoms with van der Waals surface area (Å²) in [4.78, 5) is 35.6. The first-order valence-electron chi connectivity index (χ1n) is 8.57. The number of aromatic nitrogens is 5. The Hall–Kier alpha value is -4.40. The number of aliphatic imine (C=N–C) groups is 1. The van der Waals surface area contributed by atoms with Crippen LogP contribution in [0.3, 0.4) is 0 Å². The number of hydrogen-bond donors (Lipinski definition) is 3. The first kappa shape index (κ1) is 18.0. The summed E-state index contributed by atoms with van der Waals surface area (Å²) in [5.74, 6) is -0.604. The van der Waals surface area contributed by atoms with Gasteiger partial charge in [-0.3, -0.25) is 14.8 Å². The highest BCUT2D eigenvalue weighted by Crippen LogP contribution is 2.29. The molecular formula is C20H14N6O3. The van der Waals surface area contributed by atoms with Crippen molar-refractivity contribution in [1.82, 2.24) is 25.1 Å². The Morgan fingerprint density at radius 2 is 1.45 bits per heavy atom. The van der Waals surface area contributed by atoms with Gasteiger partial charge in [-0.2, -0.15) is 0 Å². The van der Waals surface area contributed by atoms with Gasteiger partial charge in [0.05, 0.1) is 0 Å². The van der Waals surface area contributed by atoms with Crippen LogP contribution in [-0.4, -0.2) is 36.5 Å². The molecule has 142 valence electrons. The highest BCUT2D eigenvalue weighted by molar-refractivity contribution is 5.83. The van der Waals surface area contributed by atoms with Crippen LogP contribution in [0.2, 0.25) is 0 Å². The normalized spacial score (nSPS) is 11.0. The highest BCUT2D eigenvalue weighted by atomic mass is 16.3. The molecule has 9 heteroatoms. The molecule has 0 radical (unpaired) electrons. The standard InChI is InChI=1S/C20H14N6O3/c27-17-14(18(28)24-20(29)23-17)11-21-19-22-15(12-7-3-1-4-8-12)16(25-26-19)13-9-5-2-6-10-13/h1-11H,(H3,23,24,27,28,29)/b21-11+. The first-order valence-corrected chi connectivity index (χ1v) is 8.57. The molecule has 0 aliphatic rings. The molecule has 0 unspecified atom stereocenters. The number of aromatic amines is 2. The van der Waals surface area contributed by atoms with Crippen LogP contribution in [0, 0.1) is 0 Å². The Kier molecular flexibility index (Phi) is 4.77. The number of nitrogens with zero attached hydrogens (tertiary/aromatic N) is 4. The Labute approximate surface area is 163 Å². The molecule has 0 fully saturated rings. The third-order valence-corrected chi connectivity index (χ3v) is 4.04. The highest BCUT2D eigenvalue weighted by Gasteiger charge is 2.13. The van der Waals surface area contributed by atoms with Gasteiger partial charge in [-0.05, 0) is 0 Å². The molecule has 0 aliphatic carbocycles. The average molecular weight is 386 g/mol. The summed E-state index contributed by atoms with van der Waals surface area (Å²) in [6, 6.07) is 18.9. The molecule has 0 atom stereocenters. The number of nitrogens with one attached hydrogen (secondary N) is 2. The maximum Gasteiger partial charge on any atom is 0.328 e. The molecule has 2 aromatic carbocycles. The van der Waals surface area contributed by atoms with Crippen molar-refractivity contribution in [3.63, 3.8) is 0 Å². The predicted octanol–water partition coefficient (Wildman–Crippen LogP) is 2.04. The van der Waals surface area contributed by atoms with E-state index in [1.54, 1.807) is 0 Å². The Bertz CT molecular complexity index is 1300. The van der Waals surface area contributed by atoms with Crippen molar-refractivity contribution in [2.75, 3.05) is 0 Å². The minimum absolute atomic E-state index is 0.00599. The van der Waals surface area contributed by atoms with E-state index in [0.717, 1.165) is 17.3 Å². The van der Waals surface area contributed by atoms with Crippen molar-refractivity contribution >= 4 is 12.2 Å². The molecule has 4 rings (SSSR count). The quantitative estimate of drug-likeness (QED) is 0.459. The largest absolute Gasteiger partial charge is 0.494 e. The molecule has 0 aliphatic heterocycles. The number of hydrogen-bond acceptors (Lipinski definition) is 7. The van der Waals surface area contributed by atoms with Gasteiger partial charge in [-0.1, -0.05) is 60.7 Å². The van der Waals surface area contributed by atoms with E-state index in [0.29, 0.717) is 11.4 Å². The predicted molar refractivity (Wildman–Crippen MR) is 107 cm³/mol. The van der Waals surface area contributed by atoms with Crippen LogP contribution < -0.4 is 11.2 Å². The van der Waals surface area contributed by atoms with Gasteiger partial charge >= 0.3 is 5.69 Å². The van der Waals surface area contributed by atoms with Crippen LogP contribution in [-0.2, 0) is 0 Å². The Balaban J connectivity index is 1.81. The fraction of sp³-hybridized carbons (Fsp3) is 0. The van der Waals surface area contributed by atoms with Gasteiger partial charge < -0.3 is 5.11 Å². The molecule has 3 N–H and O–H groups in total. The lowest BCUT2D eigenvalue weighted by Crippen LogP contribution is -2.24. The van der Waals surface area contributed by atoms with Crippen molar-refractivity contribution in [3.8, 4) is 28.4 Å². The molecule has 0 bridgehead atoms. The van der Waals surface area contributed by atoms with Gasteiger partial charge in [0.2, 0.25) is 5.88 Å². The van der Waals surface area contributed by atoms with Crippen molar-refractivity contribution in [2.45, 2.75) is 0 Å². The van der Waals surface area contributed by atoms with E-state index in [-0.39, 0.29) is 11.5 Å². The summed E-state index contributed by atoms with van der Waals surface area (Å²) in [6.07, 6.45) is 1.07. The van der Waals surface area contributed by atoms with Crippen LogP contribution in [0.1, 0.15) is 5.56 Å². The molecule has 0 saturated heterocycles. The van der Waals surface area contributed by atoms with Gasteiger partial charge in [0.15, 0.2) is 0 Å². The lowest BCUT2D eigenvalue weighted by Gasteiger charge is -2.08. The van der Waals surface area contributed by atoms with Crippen LogP contribution in [0.4, 0.5) is 5.95 Å². The monoisotopic (exact) mass is 386 g/mol. The van der Waals surface area contributed by atoms with Gasteiger partial charge in [-0.15, -0.1) is 10.2 Å². The third-order valence-electron chi connectivity index (χ3n) is 4.04. The smallest absolute Gasteiger partial charge is 0.328 e. The van der Waals surface area contributed by atoms with Gasteiger partial charge in [0.1, 0.15) is 17.0 Å². The first-order chi connectivity index (χ1) is 14.1. The minimum atomic E-state index is -0.818. The SMILES string of the molecule is O=c1[nH]c(O)c(/C=N/c2nnc(-c3ccccc3)c(-c3ccccc3)n2)c(=O)[nH]1. The lowest BCUT2D eigenvalue weighted by molar-refractivity contribution is 0.447. The zero-order chi connectivity index (χ0) is 20.2. The number of aromatic hydroxyl groups is 1. The summed E-state index contributed by atoms with van der Waals surface area (Å²) in [5, 5.41) is 18.0.